The maximum Gasteiger partial charge on any atom is 0.437 e. The predicted molar refractivity (Wildman–Crippen MR) is 48.0 cm³/mol. The zero-order valence-corrected chi connectivity index (χ0v) is 8.09. The van der Waals surface area contributed by atoms with Crippen molar-refractivity contribution in [2.45, 2.75) is 6.92 Å². The summed E-state index contributed by atoms with van der Waals surface area (Å²) in [5.41, 5.74) is 0. The second-order valence-corrected chi connectivity index (χ2v) is 3.01. The molecule has 1 amide bonds. The molecule has 0 atom stereocenters. The van der Waals surface area contributed by atoms with Crippen LogP contribution in [-0.4, -0.2) is 41.2 Å². The summed E-state index contributed by atoms with van der Waals surface area (Å²) in [6.45, 7) is 1.34. The lowest BCUT2D eigenvalue weighted by atomic mass is 10.9. The van der Waals surface area contributed by atoms with E-state index in [4.69, 9.17) is 5.11 Å². The number of aliphatic hydroxyl groups is 1. The van der Waals surface area contributed by atoms with Crippen LogP contribution >= 0.6 is 11.8 Å². The van der Waals surface area contributed by atoms with E-state index >= 15 is 0 Å². The predicted octanol–water partition coefficient (Wildman–Crippen LogP) is 0.701. The summed E-state index contributed by atoms with van der Waals surface area (Å²) in [4.78, 5) is 16.3. The highest BCUT2D eigenvalue weighted by atomic mass is 32.2. The molecule has 0 aliphatic rings. The molecule has 0 bridgehead atoms. The molecule has 1 N–H and O–H groups in total. The van der Waals surface area contributed by atoms with Gasteiger partial charge in [0.15, 0.2) is 0 Å². The Morgan fingerprint density at radius 3 is 2.75 bits per heavy atom. The standard InChI is InChI=1S/C6H12N2O3S/c1-5(12-3)7-11-6(10)8(2)4-9/h9H,4H2,1-3H3. The van der Waals surface area contributed by atoms with Gasteiger partial charge in [-0.2, -0.15) is 0 Å². The first-order valence-corrected chi connectivity index (χ1v) is 4.45. The molecule has 0 fully saturated rings. The highest BCUT2D eigenvalue weighted by Crippen LogP contribution is 1.98. The molecule has 0 aromatic heterocycles. The Labute approximate surface area is 75.4 Å². The number of oxime groups is 1. The maximum absolute atomic E-state index is 10.8. The molecule has 0 aromatic carbocycles. The minimum Gasteiger partial charge on any atom is -0.376 e. The van der Waals surface area contributed by atoms with Gasteiger partial charge in [0.1, 0.15) is 11.8 Å². The lowest BCUT2D eigenvalue weighted by Crippen LogP contribution is -2.27. The molecular weight excluding hydrogens is 180 g/mol. The number of aliphatic hydroxyl groups excluding tert-OH is 1. The van der Waals surface area contributed by atoms with Crippen molar-refractivity contribution in [3.8, 4) is 0 Å². The average Bonchev–Trinajstić information content (AvgIpc) is 2.11. The second-order valence-electron chi connectivity index (χ2n) is 2.01. The van der Waals surface area contributed by atoms with Gasteiger partial charge in [-0.1, -0.05) is 5.16 Å². The summed E-state index contributed by atoms with van der Waals surface area (Å²) in [6, 6.07) is 0. The van der Waals surface area contributed by atoms with Crippen LogP contribution in [0, 0.1) is 0 Å². The molecule has 0 rings (SSSR count). The fourth-order valence-corrected chi connectivity index (χ4v) is 0.380. The van der Waals surface area contributed by atoms with Crippen LogP contribution in [0.2, 0.25) is 0 Å². The highest BCUT2D eigenvalue weighted by Gasteiger charge is 2.07. The fraction of sp³-hybridized carbons (Fsp3) is 0.667. The number of carbonyl (C=O) groups is 1. The first kappa shape index (κ1) is 11.2. The van der Waals surface area contributed by atoms with Crippen LogP contribution in [0.4, 0.5) is 4.79 Å². The molecule has 0 aliphatic heterocycles. The third-order valence-corrected chi connectivity index (χ3v) is 1.74. The quantitative estimate of drug-likeness (QED) is 0.230. The molecule has 0 spiro atoms. The zero-order chi connectivity index (χ0) is 9.56. The first-order valence-electron chi connectivity index (χ1n) is 3.23. The van der Waals surface area contributed by atoms with E-state index in [-0.39, 0.29) is 6.73 Å². The minimum absolute atomic E-state index is 0.382. The Balaban J connectivity index is 3.86. The van der Waals surface area contributed by atoms with Gasteiger partial charge >= 0.3 is 6.09 Å². The van der Waals surface area contributed by atoms with E-state index in [1.807, 2.05) is 6.26 Å². The Morgan fingerprint density at radius 1 is 1.75 bits per heavy atom. The van der Waals surface area contributed by atoms with E-state index in [0.717, 1.165) is 4.90 Å². The fourth-order valence-electron chi connectivity index (χ4n) is 0.268. The summed E-state index contributed by atoms with van der Waals surface area (Å²) in [5.74, 6) is 0. The van der Waals surface area contributed by atoms with Crippen LogP contribution in [0.15, 0.2) is 5.16 Å². The number of amides is 1. The van der Waals surface area contributed by atoms with Gasteiger partial charge in [0.25, 0.3) is 0 Å². The topological polar surface area (TPSA) is 62.1 Å². The molecule has 0 radical (unpaired) electrons. The molecule has 6 heteroatoms. The molecule has 70 valence electrons. The molecule has 0 saturated heterocycles. The van der Waals surface area contributed by atoms with Crippen molar-refractivity contribution in [2.24, 2.45) is 5.16 Å². The van der Waals surface area contributed by atoms with Crippen LogP contribution in [0.25, 0.3) is 0 Å². The van der Waals surface area contributed by atoms with Gasteiger partial charge in [-0.05, 0) is 13.2 Å². The number of thioether (sulfide) groups is 1. The van der Waals surface area contributed by atoms with Crippen LogP contribution < -0.4 is 0 Å². The first-order chi connectivity index (χ1) is 5.61. The molecule has 0 saturated carbocycles. The van der Waals surface area contributed by atoms with E-state index < -0.39 is 6.09 Å². The van der Waals surface area contributed by atoms with E-state index in [9.17, 15) is 4.79 Å². The summed E-state index contributed by atoms with van der Waals surface area (Å²) >= 11 is 1.38. The summed E-state index contributed by atoms with van der Waals surface area (Å²) in [6.07, 6.45) is 1.15. The lowest BCUT2D eigenvalue weighted by molar-refractivity contribution is 0.0772. The van der Waals surface area contributed by atoms with Crippen molar-refractivity contribution in [2.75, 3.05) is 20.0 Å². The number of nitrogens with zero attached hydrogens (tertiary/aromatic N) is 2. The molecule has 12 heavy (non-hydrogen) atoms. The molecule has 0 heterocycles. The Bertz CT molecular complexity index is 184. The van der Waals surface area contributed by atoms with Gasteiger partial charge in [0.2, 0.25) is 0 Å². The SMILES string of the molecule is CSC(C)=NOC(=O)N(C)CO. The third kappa shape index (κ3) is 4.20. The number of hydrogen-bond acceptors (Lipinski definition) is 5. The van der Waals surface area contributed by atoms with E-state index in [1.54, 1.807) is 6.92 Å². The van der Waals surface area contributed by atoms with Crippen molar-refractivity contribution in [3.63, 3.8) is 0 Å². The number of rotatable bonds is 2. The van der Waals surface area contributed by atoms with Gasteiger partial charge in [-0.25, -0.2) is 4.79 Å². The van der Waals surface area contributed by atoms with Crippen LogP contribution in [0.5, 0.6) is 0 Å². The number of carbonyl (C=O) groups excluding carboxylic acids is 1. The van der Waals surface area contributed by atoms with Gasteiger partial charge < -0.3 is 5.11 Å². The molecule has 0 unspecified atom stereocenters. The maximum atomic E-state index is 10.8. The third-order valence-electron chi connectivity index (χ3n) is 1.07. The summed E-state index contributed by atoms with van der Waals surface area (Å²) in [7, 11) is 1.41. The summed E-state index contributed by atoms with van der Waals surface area (Å²) < 4.78 is 0. The van der Waals surface area contributed by atoms with Crippen molar-refractivity contribution < 1.29 is 14.7 Å². The van der Waals surface area contributed by atoms with Gasteiger partial charge in [-0.3, -0.25) is 9.74 Å². The molecule has 5 nitrogen and oxygen atoms in total. The van der Waals surface area contributed by atoms with Crippen LogP contribution in [-0.2, 0) is 4.84 Å². The van der Waals surface area contributed by atoms with Crippen LogP contribution in [0.1, 0.15) is 6.92 Å². The van der Waals surface area contributed by atoms with Gasteiger partial charge in [0, 0.05) is 7.05 Å². The largest absolute Gasteiger partial charge is 0.437 e. The highest BCUT2D eigenvalue weighted by molar-refractivity contribution is 8.13. The minimum atomic E-state index is -0.675. The average molecular weight is 192 g/mol. The van der Waals surface area contributed by atoms with Crippen molar-refractivity contribution in [1.29, 1.82) is 0 Å². The lowest BCUT2D eigenvalue weighted by Gasteiger charge is -2.09. The molecular formula is C6H12N2O3S. The Hall–Kier alpha value is -0.750. The van der Waals surface area contributed by atoms with Gasteiger partial charge in [-0.15, -0.1) is 11.8 Å². The van der Waals surface area contributed by atoms with E-state index in [1.165, 1.54) is 18.8 Å². The van der Waals surface area contributed by atoms with E-state index in [2.05, 4.69) is 9.99 Å². The zero-order valence-electron chi connectivity index (χ0n) is 7.27. The Morgan fingerprint density at radius 2 is 2.33 bits per heavy atom. The van der Waals surface area contributed by atoms with Crippen molar-refractivity contribution >= 4 is 22.9 Å². The second kappa shape index (κ2) is 5.84. The monoisotopic (exact) mass is 192 g/mol. The smallest absolute Gasteiger partial charge is 0.376 e. The Kier molecular flexibility index (Phi) is 5.48. The molecule has 0 aromatic rings. The van der Waals surface area contributed by atoms with Crippen molar-refractivity contribution in [3.05, 3.63) is 0 Å². The van der Waals surface area contributed by atoms with Crippen LogP contribution in [0.3, 0.4) is 0 Å². The normalized spacial score (nSPS) is 11.2. The number of hydrogen-bond donors (Lipinski definition) is 1. The van der Waals surface area contributed by atoms with Gasteiger partial charge in [0.05, 0.1) is 0 Å². The van der Waals surface area contributed by atoms with E-state index in [0.29, 0.717) is 5.04 Å². The molecule has 0 aliphatic carbocycles. The van der Waals surface area contributed by atoms with Crippen molar-refractivity contribution in [1.82, 2.24) is 4.90 Å². The summed E-state index contributed by atoms with van der Waals surface area (Å²) in [5, 5.41) is 12.6.